The number of aliphatic hydroxyl groups is 1. The van der Waals surface area contributed by atoms with Gasteiger partial charge < -0.3 is 5.11 Å². The SMILES string of the molecule is N#CC(C#N)=C1CCCCC1O. The molecule has 0 aromatic rings. The number of hydrogen-bond donors (Lipinski definition) is 1. The molecule has 0 aliphatic heterocycles. The molecule has 0 spiro atoms. The Kier molecular flexibility index (Phi) is 2.85. The number of nitrogens with zero attached hydrogens (tertiary/aromatic N) is 2. The third kappa shape index (κ3) is 1.64. The van der Waals surface area contributed by atoms with Crippen LogP contribution in [-0.2, 0) is 0 Å². The lowest BCUT2D eigenvalue weighted by atomic mass is 9.89. The number of allylic oxidation sites excluding steroid dienone is 1. The first-order valence-corrected chi connectivity index (χ1v) is 4.01. The third-order valence-electron chi connectivity index (χ3n) is 2.12. The summed E-state index contributed by atoms with van der Waals surface area (Å²) in [6.45, 7) is 0. The van der Waals surface area contributed by atoms with Gasteiger partial charge in [-0.1, -0.05) is 6.42 Å². The molecule has 3 nitrogen and oxygen atoms in total. The monoisotopic (exact) mass is 162 g/mol. The normalized spacial score (nSPS) is 22.6. The van der Waals surface area contributed by atoms with E-state index < -0.39 is 6.10 Å². The van der Waals surface area contributed by atoms with Crippen LogP contribution in [-0.4, -0.2) is 11.2 Å². The molecule has 1 fully saturated rings. The molecular weight excluding hydrogens is 152 g/mol. The highest BCUT2D eigenvalue weighted by atomic mass is 16.3. The van der Waals surface area contributed by atoms with Gasteiger partial charge in [0.1, 0.15) is 17.7 Å². The molecule has 1 aliphatic carbocycles. The van der Waals surface area contributed by atoms with Gasteiger partial charge in [-0.25, -0.2) is 0 Å². The van der Waals surface area contributed by atoms with Gasteiger partial charge in [0, 0.05) is 0 Å². The molecular formula is C9H10N2O. The maximum Gasteiger partial charge on any atom is 0.131 e. The topological polar surface area (TPSA) is 67.8 Å². The van der Waals surface area contributed by atoms with Crippen molar-refractivity contribution in [2.24, 2.45) is 0 Å². The summed E-state index contributed by atoms with van der Waals surface area (Å²) in [5.74, 6) is 0. The van der Waals surface area contributed by atoms with Gasteiger partial charge in [0.2, 0.25) is 0 Å². The van der Waals surface area contributed by atoms with Crippen LogP contribution in [0.2, 0.25) is 0 Å². The van der Waals surface area contributed by atoms with Crippen molar-refractivity contribution in [1.29, 1.82) is 10.5 Å². The van der Waals surface area contributed by atoms with E-state index in [2.05, 4.69) is 0 Å². The highest BCUT2D eigenvalue weighted by Gasteiger charge is 2.19. The van der Waals surface area contributed by atoms with Crippen molar-refractivity contribution in [3.8, 4) is 12.1 Å². The summed E-state index contributed by atoms with van der Waals surface area (Å²) in [7, 11) is 0. The number of hydrogen-bond acceptors (Lipinski definition) is 3. The molecule has 3 heteroatoms. The van der Waals surface area contributed by atoms with Crippen LogP contribution < -0.4 is 0 Å². The maximum absolute atomic E-state index is 9.44. The van der Waals surface area contributed by atoms with Crippen LogP contribution in [0.25, 0.3) is 0 Å². The Hall–Kier alpha value is -1.32. The smallest absolute Gasteiger partial charge is 0.131 e. The Morgan fingerprint density at radius 1 is 1.33 bits per heavy atom. The molecule has 1 unspecified atom stereocenters. The molecule has 1 N–H and O–H groups in total. The van der Waals surface area contributed by atoms with E-state index in [0.29, 0.717) is 18.4 Å². The predicted molar refractivity (Wildman–Crippen MR) is 42.7 cm³/mol. The lowest BCUT2D eigenvalue weighted by Crippen LogP contribution is -2.16. The van der Waals surface area contributed by atoms with Crippen LogP contribution in [0, 0.1) is 22.7 Å². The Labute approximate surface area is 71.5 Å². The zero-order valence-electron chi connectivity index (χ0n) is 6.75. The average molecular weight is 162 g/mol. The predicted octanol–water partition coefficient (Wildman–Crippen LogP) is 1.27. The molecule has 1 atom stereocenters. The molecule has 0 radical (unpaired) electrons. The minimum atomic E-state index is -0.562. The molecule has 0 aromatic heterocycles. The van der Waals surface area contributed by atoms with Crippen molar-refractivity contribution >= 4 is 0 Å². The number of rotatable bonds is 0. The quantitative estimate of drug-likeness (QED) is 0.545. The van der Waals surface area contributed by atoms with Gasteiger partial charge in [-0.2, -0.15) is 10.5 Å². The first-order valence-electron chi connectivity index (χ1n) is 4.01. The van der Waals surface area contributed by atoms with E-state index in [4.69, 9.17) is 10.5 Å². The summed E-state index contributed by atoms with van der Waals surface area (Å²) in [5, 5.41) is 26.6. The molecule has 0 saturated heterocycles. The second kappa shape index (κ2) is 3.90. The zero-order chi connectivity index (χ0) is 8.97. The molecule has 62 valence electrons. The van der Waals surface area contributed by atoms with E-state index in [1.165, 1.54) is 0 Å². The molecule has 0 heterocycles. The average Bonchev–Trinajstić information content (AvgIpc) is 2.10. The van der Waals surface area contributed by atoms with Crippen molar-refractivity contribution < 1.29 is 5.11 Å². The van der Waals surface area contributed by atoms with Crippen LogP contribution in [0.1, 0.15) is 25.7 Å². The van der Waals surface area contributed by atoms with Gasteiger partial charge in [-0.15, -0.1) is 0 Å². The second-order valence-electron chi connectivity index (χ2n) is 2.89. The van der Waals surface area contributed by atoms with Gasteiger partial charge in [-0.3, -0.25) is 0 Å². The summed E-state index contributed by atoms with van der Waals surface area (Å²) >= 11 is 0. The van der Waals surface area contributed by atoms with Gasteiger partial charge in [-0.05, 0) is 24.8 Å². The minimum absolute atomic E-state index is 0.0993. The van der Waals surface area contributed by atoms with E-state index in [9.17, 15) is 5.11 Å². The second-order valence-corrected chi connectivity index (χ2v) is 2.89. The Morgan fingerprint density at radius 3 is 2.50 bits per heavy atom. The Balaban J connectivity index is 2.92. The van der Waals surface area contributed by atoms with Gasteiger partial charge in [0.05, 0.1) is 6.10 Å². The number of aliphatic hydroxyl groups excluding tert-OH is 1. The Bertz CT molecular complexity index is 264. The molecule has 0 aromatic carbocycles. The molecule has 0 bridgehead atoms. The lowest BCUT2D eigenvalue weighted by molar-refractivity contribution is 0.178. The summed E-state index contributed by atoms with van der Waals surface area (Å²) in [6.07, 6.45) is 2.77. The standard InChI is InChI=1S/C9H10N2O/c10-5-7(6-11)8-3-1-2-4-9(8)12/h9,12H,1-4H2. The van der Waals surface area contributed by atoms with E-state index in [1.807, 2.05) is 12.1 Å². The first-order chi connectivity index (χ1) is 5.79. The van der Waals surface area contributed by atoms with Crippen LogP contribution in [0.15, 0.2) is 11.1 Å². The third-order valence-corrected chi connectivity index (χ3v) is 2.12. The summed E-state index contributed by atoms with van der Waals surface area (Å²) in [5.41, 5.74) is 0.730. The van der Waals surface area contributed by atoms with Crippen molar-refractivity contribution in [2.75, 3.05) is 0 Å². The molecule has 1 aliphatic rings. The largest absolute Gasteiger partial charge is 0.389 e. The van der Waals surface area contributed by atoms with Crippen molar-refractivity contribution in [2.45, 2.75) is 31.8 Å². The molecule has 1 saturated carbocycles. The summed E-state index contributed by atoms with van der Waals surface area (Å²) < 4.78 is 0. The zero-order valence-corrected chi connectivity index (χ0v) is 6.75. The van der Waals surface area contributed by atoms with E-state index in [-0.39, 0.29) is 5.57 Å². The Morgan fingerprint density at radius 2 is 2.00 bits per heavy atom. The lowest BCUT2D eigenvalue weighted by Gasteiger charge is -2.19. The van der Waals surface area contributed by atoms with Crippen LogP contribution in [0.3, 0.4) is 0 Å². The van der Waals surface area contributed by atoms with Gasteiger partial charge in [0.25, 0.3) is 0 Å². The van der Waals surface area contributed by atoms with Crippen molar-refractivity contribution in [3.05, 3.63) is 11.1 Å². The number of nitriles is 2. The molecule has 0 amide bonds. The fraction of sp³-hybridized carbons (Fsp3) is 0.556. The van der Waals surface area contributed by atoms with Crippen LogP contribution >= 0.6 is 0 Å². The van der Waals surface area contributed by atoms with Crippen LogP contribution in [0.4, 0.5) is 0 Å². The van der Waals surface area contributed by atoms with E-state index in [0.717, 1.165) is 12.8 Å². The van der Waals surface area contributed by atoms with E-state index in [1.54, 1.807) is 0 Å². The highest BCUT2D eigenvalue weighted by Crippen LogP contribution is 2.25. The maximum atomic E-state index is 9.44. The highest BCUT2D eigenvalue weighted by molar-refractivity contribution is 5.42. The summed E-state index contributed by atoms with van der Waals surface area (Å²) in [6, 6.07) is 3.62. The van der Waals surface area contributed by atoms with Crippen molar-refractivity contribution in [1.82, 2.24) is 0 Å². The van der Waals surface area contributed by atoms with E-state index >= 15 is 0 Å². The minimum Gasteiger partial charge on any atom is -0.389 e. The fourth-order valence-electron chi connectivity index (χ4n) is 1.45. The molecule has 12 heavy (non-hydrogen) atoms. The fourth-order valence-corrected chi connectivity index (χ4v) is 1.45. The van der Waals surface area contributed by atoms with Crippen LogP contribution in [0.5, 0.6) is 0 Å². The molecule has 1 rings (SSSR count). The van der Waals surface area contributed by atoms with Gasteiger partial charge >= 0.3 is 0 Å². The summed E-state index contributed by atoms with van der Waals surface area (Å²) in [4.78, 5) is 0. The first kappa shape index (κ1) is 8.77. The van der Waals surface area contributed by atoms with Crippen molar-refractivity contribution in [3.63, 3.8) is 0 Å². The van der Waals surface area contributed by atoms with Gasteiger partial charge in [0.15, 0.2) is 0 Å².